The maximum atomic E-state index is 11.3. The van der Waals surface area contributed by atoms with Gasteiger partial charge in [0.15, 0.2) is 0 Å². The highest BCUT2D eigenvalue weighted by Crippen LogP contribution is 2.40. The Kier molecular flexibility index (Phi) is 8.85. The first-order valence-corrected chi connectivity index (χ1v) is 13.8. The van der Waals surface area contributed by atoms with E-state index >= 15 is 0 Å². The van der Waals surface area contributed by atoms with E-state index in [0.29, 0.717) is 13.0 Å². The third-order valence-electron chi connectivity index (χ3n) is 7.10. The summed E-state index contributed by atoms with van der Waals surface area (Å²) in [4.78, 5) is 7.01. The summed E-state index contributed by atoms with van der Waals surface area (Å²) in [6.45, 7) is 3.52. The lowest BCUT2D eigenvalue weighted by Crippen LogP contribution is -2.43. The summed E-state index contributed by atoms with van der Waals surface area (Å²) in [7, 11) is 1.63. The van der Waals surface area contributed by atoms with Gasteiger partial charge in [-0.3, -0.25) is 4.98 Å². The van der Waals surface area contributed by atoms with E-state index in [2.05, 4.69) is 27.4 Å². The van der Waals surface area contributed by atoms with Gasteiger partial charge in [0.05, 0.1) is 22.9 Å². The number of methoxy groups -OCH3 is 1. The van der Waals surface area contributed by atoms with Crippen molar-refractivity contribution in [3.05, 3.63) is 53.0 Å². The molecule has 2 aromatic heterocycles. The molecule has 1 aliphatic heterocycles. The molecule has 4 rings (SSSR count). The number of pyridine rings is 1. The minimum atomic E-state index is -0.667. The average molecular weight is 502 g/mol. The van der Waals surface area contributed by atoms with Crippen LogP contribution in [0.3, 0.4) is 0 Å². The maximum absolute atomic E-state index is 11.3. The zero-order chi connectivity index (χ0) is 24.0. The van der Waals surface area contributed by atoms with Crippen LogP contribution in [0.5, 0.6) is 5.75 Å². The first-order valence-electron chi connectivity index (χ1n) is 11.9. The number of thioether (sulfide) groups is 1. The van der Waals surface area contributed by atoms with Crippen LogP contribution in [0.2, 0.25) is 0 Å². The molecule has 0 spiro atoms. The smallest absolute Gasteiger partial charge is 0.119 e. The van der Waals surface area contributed by atoms with Crippen LogP contribution in [0, 0.1) is 5.41 Å². The quantitative estimate of drug-likeness (QED) is 0.335. The number of likely N-dealkylation sites (tertiary alicyclic amines) is 1. The SMILES string of the molecule is COc1ccc2ncc(CN)c([C@@H](O)CCC3(CO)CCN(CCSc4cccs4)CC3)c2c1. The van der Waals surface area contributed by atoms with Crippen LogP contribution in [0.1, 0.15) is 42.9 Å². The Morgan fingerprint density at radius 3 is 2.79 bits per heavy atom. The molecule has 184 valence electrons. The van der Waals surface area contributed by atoms with Crippen molar-refractivity contribution in [2.45, 2.75) is 42.5 Å². The summed E-state index contributed by atoms with van der Waals surface area (Å²) in [5, 5.41) is 24.6. The minimum Gasteiger partial charge on any atom is -0.497 e. The molecule has 6 nitrogen and oxygen atoms in total. The van der Waals surface area contributed by atoms with Gasteiger partial charge in [-0.1, -0.05) is 6.07 Å². The fourth-order valence-corrected chi connectivity index (χ4v) is 6.73. The number of fused-ring (bicyclic) bond motifs is 1. The lowest BCUT2D eigenvalue weighted by molar-refractivity contribution is 0.0253. The van der Waals surface area contributed by atoms with Crippen LogP contribution in [-0.2, 0) is 6.54 Å². The molecule has 34 heavy (non-hydrogen) atoms. The highest BCUT2D eigenvalue weighted by molar-refractivity contribution is 8.01. The standard InChI is InChI=1S/C26H35N3O3S2/c1-32-20-4-5-22-21(15-20)25(19(16-27)17-28-22)23(31)6-7-26(18-30)8-10-29(11-9-26)12-14-34-24-3-2-13-33-24/h2-5,13,15,17,23,30-31H,6-12,14,16,18,27H2,1H3/t23-/m0/s1. The summed E-state index contributed by atoms with van der Waals surface area (Å²) in [6.07, 6.45) is 4.36. The van der Waals surface area contributed by atoms with Crippen LogP contribution in [0.4, 0.5) is 0 Å². The van der Waals surface area contributed by atoms with E-state index in [9.17, 15) is 10.2 Å². The van der Waals surface area contributed by atoms with Crippen molar-refractivity contribution in [1.29, 1.82) is 0 Å². The largest absolute Gasteiger partial charge is 0.497 e. The van der Waals surface area contributed by atoms with E-state index in [4.69, 9.17) is 10.5 Å². The number of aliphatic hydroxyl groups excluding tert-OH is 2. The minimum absolute atomic E-state index is 0.137. The predicted molar refractivity (Wildman–Crippen MR) is 141 cm³/mol. The molecule has 0 amide bonds. The van der Waals surface area contributed by atoms with E-state index in [1.54, 1.807) is 24.6 Å². The second kappa shape index (κ2) is 11.8. The number of piperidine rings is 1. The number of hydrogen-bond acceptors (Lipinski definition) is 8. The molecule has 4 N–H and O–H groups in total. The Hall–Kier alpha value is -1.68. The Morgan fingerprint density at radius 1 is 1.29 bits per heavy atom. The highest BCUT2D eigenvalue weighted by Gasteiger charge is 2.34. The van der Waals surface area contributed by atoms with Crippen LogP contribution in [-0.4, -0.2) is 59.2 Å². The number of aliphatic hydroxyl groups is 2. The van der Waals surface area contributed by atoms with Gasteiger partial charge in [0.2, 0.25) is 0 Å². The zero-order valence-corrected chi connectivity index (χ0v) is 21.4. The highest BCUT2D eigenvalue weighted by atomic mass is 32.2. The first kappa shape index (κ1) is 25.4. The van der Waals surface area contributed by atoms with Gasteiger partial charge < -0.3 is 25.6 Å². The van der Waals surface area contributed by atoms with E-state index in [1.165, 1.54) is 4.21 Å². The molecular formula is C26H35N3O3S2. The number of thiophene rings is 1. The number of nitrogens with two attached hydrogens (primary N) is 1. The Bertz CT molecular complexity index is 1050. The Morgan fingerprint density at radius 2 is 2.12 bits per heavy atom. The monoisotopic (exact) mass is 501 g/mol. The number of rotatable bonds is 11. The molecule has 3 heterocycles. The fraction of sp³-hybridized carbons (Fsp3) is 0.500. The number of nitrogens with zero attached hydrogens (tertiary/aromatic N) is 2. The topological polar surface area (TPSA) is 91.8 Å². The van der Waals surface area contributed by atoms with E-state index in [1.807, 2.05) is 30.0 Å². The molecule has 1 atom stereocenters. The van der Waals surface area contributed by atoms with Gasteiger partial charge in [-0.15, -0.1) is 23.1 Å². The van der Waals surface area contributed by atoms with Gasteiger partial charge in [0.25, 0.3) is 0 Å². The van der Waals surface area contributed by atoms with Gasteiger partial charge in [-0.05, 0) is 85.0 Å². The fourth-order valence-electron chi connectivity index (χ4n) is 4.86. The second-order valence-electron chi connectivity index (χ2n) is 9.12. The third kappa shape index (κ3) is 5.93. The summed E-state index contributed by atoms with van der Waals surface area (Å²) in [6, 6.07) is 9.98. The Balaban J connectivity index is 1.38. The number of benzene rings is 1. The lowest BCUT2D eigenvalue weighted by atomic mass is 9.74. The normalized spacial score (nSPS) is 17.2. The second-order valence-corrected chi connectivity index (χ2v) is 11.5. The molecule has 1 aromatic carbocycles. The lowest BCUT2D eigenvalue weighted by Gasteiger charge is -2.41. The van der Waals surface area contributed by atoms with Gasteiger partial charge in [0, 0.05) is 37.0 Å². The van der Waals surface area contributed by atoms with Crippen LogP contribution >= 0.6 is 23.1 Å². The molecule has 0 bridgehead atoms. The van der Waals surface area contributed by atoms with Gasteiger partial charge >= 0.3 is 0 Å². The number of ether oxygens (including phenoxy) is 1. The molecule has 1 aliphatic rings. The average Bonchev–Trinajstić information content (AvgIpc) is 3.40. The number of aromatic nitrogens is 1. The van der Waals surface area contributed by atoms with Crippen molar-refractivity contribution in [3.8, 4) is 5.75 Å². The van der Waals surface area contributed by atoms with Crippen molar-refractivity contribution in [2.75, 3.05) is 39.1 Å². The summed E-state index contributed by atoms with van der Waals surface area (Å²) >= 11 is 3.71. The number of hydrogen-bond donors (Lipinski definition) is 3. The molecule has 0 unspecified atom stereocenters. The maximum Gasteiger partial charge on any atom is 0.119 e. The molecule has 0 saturated carbocycles. The molecule has 1 fully saturated rings. The molecule has 0 radical (unpaired) electrons. The van der Waals surface area contributed by atoms with Crippen LogP contribution < -0.4 is 10.5 Å². The molecule has 1 saturated heterocycles. The zero-order valence-electron chi connectivity index (χ0n) is 19.8. The molecule has 8 heteroatoms. The third-order valence-corrected chi connectivity index (χ3v) is 9.21. The summed E-state index contributed by atoms with van der Waals surface area (Å²) < 4.78 is 6.77. The van der Waals surface area contributed by atoms with Gasteiger partial charge in [-0.25, -0.2) is 0 Å². The predicted octanol–water partition coefficient (Wildman–Crippen LogP) is 4.44. The van der Waals surface area contributed by atoms with Gasteiger partial charge in [0.1, 0.15) is 5.75 Å². The first-order chi connectivity index (χ1) is 16.6. The van der Waals surface area contributed by atoms with Crippen LogP contribution in [0.15, 0.2) is 46.1 Å². The van der Waals surface area contributed by atoms with E-state index < -0.39 is 6.10 Å². The molecule has 0 aliphatic carbocycles. The van der Waals surface area contributed by atoms with Crippen molar-refractivity contribution in [3.63, 3.8) is 0 Å². The van der Waals surface area contributed by atoms with Crippen molar-refractivity contribution >= 4 is 34.0 Å². The van der Waals surface area contributed by atoms with Crippen LogP contribution in [0.25, 0.3) is 10.9 Å². The molecule has 3 aromatic rings. The summed E-state index contributed by atoms with van der Waals surface area (Å²) in [5.41, 5.74) is 8.37. The van der Waals surface area contributed by atoms with Crippen molar-refractivity contribution in [2.24, 2.45) is 11.1 Å². The Labute approximate surface area is 210 Å². The van der Waals surface area contributed by atoms with Crippen molar-refractivity contribution < 1.29 is 14.9 Å². The molecular weight excluding hydrogens is 466 g/mol. The summed E-state index contributed by atoms with van der Waals surface area (Å²) in [5.74, 6) is 1.82. The van der Waals surface area contributed by atoms with Crippen molar-refractivity contribution in [1.82, 2.24) is 9.88 Å². The van der Waals surface area contributed by atoms with E-state index in [-0.39, 0.29) is 12.0 Å². The van der Waals surface area contributed by atoms with Gasteiger partial charge in [-0.2, -0.15) is 0 Å². The van der Waals surface area contributed by atoms with E-state index in [0.717, 1.165) is 72.4 Å².